The van der Waals surface area contributed by atoms with Crippen LogP contribution in [0.25, 0.3) is 0 Å². The van der Waals surface area contributed by atoms with Crippen LogP contribution in [0.1, 0.15) is 0 Å². The highest BCUT2D eigenvalue weighted by molar-refractivity contribution is 6.24. The molecule has 0 aliphatic heterocycles. The first-order chi connectivity index (χ1) is 8.71. The zero-order valence-electron chi connectivity index (χ0n) is 8.77. The summed E-state index contributed by atoms with van der Waals surface area (Å²) in [5.41, 5.74) is 0. The lowest BCUT2D eigenvalue weighted by Gasteiger charge is -2.35. The van der Waals surface area contributed by atoms with Gasteiger partial charge in [0, 0.05) is 0 Å². The standard InChI is InChI=1S/C6HClF12O2/c7-1(8,3(10,11)12)5(16,17)21-6(18,19)2(9,20)4(13,14)15/h20H. The summed E-state index contributed by atoms with van der Waals surface area (Å²) in [5.74, 6) is -6.85. The van der Waals surface area contributed by atoms with Gasteiger partial charge in [-0.3, -0.25) is 0 Å². The monoisotopic (exact) mass is 368 g/mol. The Bertz CT molecular complexity index is 346. The SMILES string of the molecule is OC(F)(C(F)(F)F)C(F)(F)OC(F)(F)C(F)(Cl)C(F)(F)F. The molecule has 0 aliphatic carbocycles. The summed E-state index contributed by atoms with van der Waals surface area (Å²) >= 11 is 3.59. The van der Waals surface area contributed by atoms with E-state index in [1.54, 1.807) is 4.74 Å². The van der Waals surface area contributed by atoms with Crippen LogP contribution in [-0.4, -0.2) is 40.7 Å². The minimum absolute atomic E-state index is 1.57. The van der Waals surface area contributed by atoms with Gasteiger partial charge in [0.25, 0.3) is 0 Å². The van der Waals surface area contributed by atoms with Gasteiger partial charge in [-0.05, 0) is 0 Å². The van der Waals surface area contributed by atoms with Crippen molar-refractivity contribution in [2.45, 2.75) is 35.6 Å². The van der Waals surface area contributed by atoms with Crippen molar-refractivity contribution in [3.05, 3.63) is 0 Å². The van der Waals surface area contributed by atoms with Crippen molar-refractivity contribution >= 4 is 11.6 Å². The molecule has 0 aromatic carbocycles. The molecule has 2 nitrogen and oxygen atoms in total. The molecule has 15 heteroatoms. The van der Waals surface area contributed by atoms with Crippen LogP contribution in [0.4, 0.5) is 52.7 Å². The third kappa shape index (κ3) is 3.41. The first-order valence-corrected chi connectivity index (χ1v) is 4.47. The van der Waals surface area contributed by atoms with Gasteiger partial charge in [-0.1, -0.05) is 11.6 Å². The van der Waals surface area contributed by atoms with Crippen LogP contribution >= 0.6 is 11.6 Å². The minimum atomic E-state index is -7.02. The minimum Gasteiger partial charge on any atom is -0.348 e. The van der Waals surface area contributed by atoms with Gasteiger partial charge in [0.1, 0.15) is 0 Å². The second-order valence-corrected chi connectivity index (χ2v) is 3.85. The van der Waals surface area contributed by atoms with Crippen molar-refractivity contribution in [3.8, 4) is 0 Å². The van der Waals surface area contributed by atoms with Crippen LogP contribution < -0.4 is 0 Å². The number of aliphatic hydroxyl groups is 1. The highest BCUT2D eigenvalue weighted by Crippen LogP contribution is 2.53. The molecule has 0 aromatic rings. The Morgan fingerprint density at radius 1 is 0.619 bits per heavy atom. The van der Waals surface area contributed by atoms with E-state index < -0.39 is 35.6 Å². The molecular formula is C6HClF12O2. The van der Waals surface area contributed by atoms with Crippen LogP contribution in [-0.2, 0) is 4.74 Å². The van der Waals surface area contributed by atoms with Crippen LogP contribution in [0, 0.1) is 0 Å². The fourth-order valence-corrected chi connectivity index (χ4v) is 0.661. The van der Waals surface area contributed by atoms with E-state index in [0.29, 0.717) is 0 Å². The largest absolute Gasteiger partial charge is 0.457 e. The fraction of sp³-hybridized carbons (Fsp3) is 1.00. The molecule has 0 radical (unpaired) electrons. The number of hydrogen-bond acceptors (Lipinski definition) is 2. The molecule has 0 rings (SSSR count). The summed E-state index contributed by atoms with van der Waals surface area (Å²) in [4.78, 5) is 0. The molecule has 0 heterocycles. The van der Waals surface area contributed by atoms with E-state index in [4.69, 9.17) is 5.11 Å². The van der Waals surface area contributed by atoms with Crippen molar-refractivity contribution in [2.24, 2.45) is 0 Å². The normalized spacial score (nSPS) is 20.9. The molecule has 0 spiro atoms. The molecule has 21 heavy (non-hydrogen) atoms. The van der Waals surface area contributed by atoms with E-state index in [-0.39, 0.29) is 0 Å². The Morgan fingerprint density at radius 3 is 1.19 bits per heavy atom. The van der Waals surface area contributed by atoms with E-state index >= 15 is 0 Å². The third-order valence-corrected chi connectivity index (χ3v) is 2.17. The highest BCUT2D eigenvalue weighted by Gasteiger charge is 2.80. The summed E-state index contributed by atoms with van der Waals surface area (Å²) in [6.07, 6.45) is -27.7. The molecule has 0 saturated heterocycles. The first kappa shape index (κ1) is 20.4. The maximum absolute atomic E-state index is 12.5. The van der Waals surface area contributed by atoms with Crippen LogP contribution in [0.5, 0.6) is 0 Å². The molecule has 0 aromatic heterocycles. The van der Waals surface area contributed by atoms with E-state index in [0.717, 1.165) is 0 Å². The number of hydrogen-bond donors (Lipinski definition) is 1. The lowest BCUT2D eigenvalue weighted by molar-refractivity contribution is -0.505. The summed E-state index contributed by atoms with van der Waals surface area (Å²) in [6.45, 7) is 0. The van der Waals surface area contributed by atoms with Crippen LogP contribution in [0.3, 0.4) is 0 Å². The van der Waals surface area contributed by atoms with Gasteiger partial charge in [-0.15, -0.1) is 0 Å². The molecule has 2 atom stereocenters. The van der Waals surface area contributed by atoms with Crippen LogP contribution in [0.15, 0.2) is 0 Å². The summed E-state index contributed by atoms with van der Waals surface area (Å²) in [5, 5.41) is 1.34. The number of halogens is 13. The summed E-state index contributed by atoms with van der Waals surface area (Å²) in [7, 11) is 0. The molecular weight excluding hydrogens is 367 g/mol. The Balaban J connectivity index is 5.65. The number of ether oxygens (including phenoxy) is 1. The van der Waals surface area contributed by atoms with Crippen molar-refractivity contribution < 1.29 is 62.5 Å². The average molecular weight is 369 g/mol. The lowest BCUT2D eigenvalue weighted by Crippen LogP contribution is -2.62. The number of rotatable bonds is 4. The quantitative estimate of drug-likeness (QED) is 0.603. The van der Waals surface area contributed by atoms with Gasteiger partial charge < -0.3 is 5.11 Å². The predicted molar refractivity (Wildman–Crippen MR) is 38.8 cm³/mol. The van der Waals surface area contributed by atoms with Crippen molar-refractivity contribution in [1.82, 2.24) is 0 Å². The average Bonchev–Trinajstić information content (AvgIpc) is 2.11. The highest BCUT2D eigenvalue weighted by atomic mass is 35.5. The van der Waals surface area contributed by atoms with E-state index in [9.17, 15) is 52.7 Å². The van der Waals surface area contributed by atoms with Crippen molar-refractivity contribution in [3.63, 3.8) is 0 Å². The topological polar surface area (TPSA) is 29.5 Å². The molecule has 0 amide bonds. The Hall–Kier alpha value is -0.630. The van der Waals surface area contributed by atoms with Crippen molar-refractivity contribution in [1.29, 1.82) is 0 Å². The van der Waals surface area contributed by atoms with Crippen LogP contribution in [0.2, 0.25) is 0 Å². The zero-order valence-corrected chi connectivity index (χ0v) is 9.52. The Kier molecular flexibility index (Phi) is 4.79. The smallest absolute Gasteiger partial charge is 0.348 e. The zero-order chi connectivity index (χ0) is 17.7. The van der Waals surface area contributed by atoms with Gasteiger partial charge in [-0.2, -0.15) is 48.3 Å². The fourth-order valence-electron chi connectivity index (χ4n) is 0.623. The third-order valence-electron chi connectivity index (χ3n) is 1.74. The van der Waals surface area contributed by atoms with Gasteiger partial charge in [-0.25, -0.2) is 9.13 Å². The molecule has 128 valence electrons. The van der Waals surface area contributed by atoms with E-state index in [1.165, 1.54) is 0 Å². The molecule has 0 fully saturated rings. The second kappa shape index (κ2) is 4.94. The molecule has 0 bridgehead atoms. The van der Waals surface area contributed by atoms with Gasteiger partial charge in [0.05, 0.1) is 0 Å². The van der Waals surface area contributed by atoms with Gasteiger partial charge in [0.2, 0.25) is 0 Å². The molecule has 0 saturated carbocycles. The molecule has 1 N–H and O–H groups in total. The maximum Gasteiger partial charge on any atom is 0.457 e. The lowest BCUT2D eigenvalue weighted by atomic mass is 10.2. The number of alkyl halides is 13. The summed E-state index contributed by atoms with van der Waals surface area (Å²) in [6, 6.07) is 0. The van der Waals surface area contributed by atoms with Gasteiger partial charge >= 0.3 is 35.6 Å². The Labute approximate surface area is 111 Å². The predicted octanol–water partition coefficient (Wildman–Crippen LogP) is 3.88. The first-order valence-electron chi connectivity index (χ1n) is 4.09. The van der Waals surface area contributed by atoms with E-state index in [1.807, 2.05) is 0 Å². The maximum atomic E-state index is 12.5. The molecule has 0 aliphatic rings. The van der Waals surface area contributed by atoms with Gasteiger partial charge in [0.15, 0.2) is 0 Å². The second-order valence-electron chi connectivity index (χ2n) is 3.33. The summed E-state index contributed by atoms with van der Waals surface area (Å²) < 4.78 is 147. The van der Waals surface area contributed by atoms with E-state index in [2.05, 4.69) is 11.6 Å². The molecule has 2 unspecified atom stereocenters. The van der Waals surface area contributed by atoms with Crippen molar-refractivity contribution in [2.75, 3.05) is 0 Å². The Morgan fingerprint density at radius 2 is 0.952 bits per heavy atom.